The fourth-order valence-corrected chi connectivity index (χ4v) is 1.67. The van der Waals surface area contributed by atoms with E-state index >= 15 is 0 Å². The number of hydrogen-bond acceptors (Lipinski definition) is 3. The second-order valence-corrected chi connectivity index (χ2v) is 3.52. The molecule has 0 amide bonds. The van der Waals surface area contributed by atoms with Gasteiger partial charge in [0.2, 0.25) is 0 Å². The van der Waals surface area contributed by atoms with E-state index in [-0.39, 0.29) is 12.1 Å². The lowest BCUT2D eigenvalue weighted by molar-refractivity contribution is 0.0515. The first-order chi connectivity index (χ1) is 5.83. The van der Waals surface area contributed by atoms with E-state index in [1.54, 1.807) is 0 Å². The SMILES string of the molecule is CCCC1(CO)COCCCN1. The molecule has 1 aliphatic heterocycles. The summed E-state index contributed by atoms with van der Waals surface area (Å²) in [6.07, 6.45) is 3.12. The van der Waals surface area contributed by atoms with Gasteiger partial charge in [-0.3, -0.25) is 0 Å². The number of hydrogen-bond donors (Lipinski definition) is 2. The lowest BCUT2D eigenvalue weighted by atomic mass is 9.96. The molecule has 3 nitrogen and oxygen atoms in total. The highest BCUT2D eigenvalue weighted by atomic mass is 16.5. The maximum Gasteiger partial charge on any atom is 0.0670 e. The van der Waals surface area contributed by atoms with Crippen LogP contribution in [-0.2, 0) is 4.74 Å². The fraction of sp³-hybridized carbons (Fsp3) is 1.00. The van der Waals surface area contributed by atoms with E-state index in [0.29, 0.717) is 6.61 Å². The predicted molar refractivity (Wildman–Crippen MR) is 48.2 cm³/mol. The molecule has 72 valence electrons. The molecule has 1 rings (SSSR count). The molecule has 1 unspecified atom stereocenters. The molecule has 1 heterocycles. The van der Waals surface area contributed by atoms with E-state index in [1.165, 1.54) is 0 Å². The van der Waals surface area contributed by atoms with Gasteiger partial charge in [0.1, 0.15) is 0 Å². The van der Waals surface area contributed by atoms with Gasteiger partial charge in [-0.2, -0.15) is 0 Å². The lowest BCUT2D eigenvalue weighted by Gasteiger charge is -2.30. The van der Waals surface area contributed by atoms with E-state index in [1.807, 2.05) is 0 Å². The van der Waals surface area contributed by atoms with Gasteiger partial charge in [0.15, 0.2) is 0 Å². The summed E-state index contributed by atoms with van der Waals surface area (Å²) in [5.41, 5.74) is -0.161. The summed E-state index contributed by atoms with van der Waals surface area (Å²) in [6.45, 7) is 4.74. The largest absolute Gasteiger partial charge is 0.394 e. The molecule has 1 saturated heterocycles. The van der Waals surface area contributed by atoms with Gasteiger partial charge in [0.05, 0.1) is 18.8 Å². The average Bonchev–Trinajstić information content (AvgIpc) is 2.32. The van der Waals surface area contributed by atoms with Crippen molar-refractivity contribution in [2.24, 2.45) is 0 Å². The van der Waals surface area contributed by atoms with E-state index in [2.05, 4.69) is 12.2 Å². The van der Waals surface area contributed by atoms with Gasteiger partial charge in [-0.15, -0.1) is 0 Å². The Kier molecular flexibility index (Phi) is 3.98. The van der Waals surface area contributed by atoms with Crippen LogP contribution >= 0.6 is 0 Å². The predicted octanol–water partition coefficient (Wildman–Crippen LogP) is 0.527. The quantitative estimate of drug-likeness (QED) is 0.654. The molecule has 12 heavy (non-hydrogen) atoms. The summed E-state index contributed by atoms with van der Waals surface area (Å²) in [6, 6.07) is 0. The van der Waals surface area contributed by atoms with Crippen LogP contribution < -0.4 is 5.32 Å². The van der Waals surface area contributed by atoms with Crippen LogP contribution in [0, 0.1) is 0 Å². The molecule has 0 spiro atoms. The Morgan fingerprint density at radius 2 is 2.42 bits per heavy atom. The maximum atomic E-state index is 9.26. The van der Waals surface area contributed by atoms with Crippen molar-refractivity contribution in [3.05, 3.63) is 0 Å². The smallest absolute Gasteiger partial charge is 0.0670 e. The van der Waals surface area contributed by atoms with Gasteiger partial charge in [-0.05, 0) is 19.4 Å². The summed E-state index contributed by atoms with van der Waals surface area (Å²) in [4.78, 5) is 0. The summed E-state index contributed by atoms with van der Waals surface area (Å²) < 4.78 is 5.43. The van der Waals surface area contributed by atoms with Crippen LogP contribution in [0.15, 0.2) is 0 Å². The molecule has 0 aromatic heterocycles. The van der Waals surface area contributed by atoms with Gasteiger partial charge >= 0.3 is 0 Å². The molecule has 0 saturated carbocycles. The lowest BCUT2D eigenvalue weighted by Crippen LogP contribution is -2.51. The summed E-state index contributed by atoms with van der Waals surface area (Å²) in [7, 11) is 0. The molecule has 0 bridgehead atoms. The van der Waals surface area contributed by atoms with Crippen molar-refractivity contribution < 1.29 is 9.84 Å². The molecule has 1 fully saturated rings. The second kappa shape index (κ2) is 4.80. The minimum absolute atomic E-state index is 0.161. The van der Waals surface area contributed by atoms with Crippen molar-refractivity contribution in [2.45, 2.75) is 31.7 Å². The highest BCUT2D eigenvalue weighted by Gasteiger charge is 2.29. The monoisotopic (exact) mass is 173 g/mol. The Balaban J connectivity index is 2.48. The van der Waals surface area contributed by atoms with Crippen molar-refractivity contribution in [1.82, 2.24) is 5.32 Å². The molecule has 2 N–H and O–H groups in total. The maximum absolute atomic E-state index is 9.26. The van der Waals surface area contributed by atoms with Gasteiger partial charge in [0, 0.05) is 6.61 Å². The zero-order valence-electron chi connectivity index (χ0n) is 7.81. The van der Waals surface area contributed by atoms with Crippen LogP contribution in [-0.4, -0.2) is 37.0 Å². The minimum Gasteiger partial charge on any atom is -0.394 e. The van der Waals surface area contributed by atoms with Crippen molar-refractivity contribution in [3.63, 3.8) is 0 Å². The van der Waals surface area contributed by atoms with E-state index in [4.69, 9.17) is 4.74 Å². The van der Waals surface area contributed by atoms with E-state index in [0.717, 1.165) is 32.4 Å². The Hall–Kier alpha value is -0.120. The second-order valence-electron chi connectivity index (χ2n) is 3.52. The van der Waals surface area contributed by atoms with Crippen LogP contribution in [0.4, 0.5) is 0 Å². The fourth-order valence-electron chi connectivity index (χ4n) is 1.67. The Morgan fingerprint density at radius 3 is 3.08 bits per heavy atom. The number of rotatable bonds is 3. The molecule has 1 atom stereocenters. The van der Waals surface area contributed by atoms with Crippen molar-refractivity contribution in [1.29, 1.82) is 0 Å². The molecule has 1 aliphatic rings. The van der Waals surface area contributed by atoms with Crippen molar-refractivity contribution >= 4 is 0 Å². The van der Waals surface area contributed by atoms with Gasteiger partial charge < -0.3 is 15.2 Å². The van der Waals surface area contributed by atoms with E-state index in [9.17, 15) is 5.11 Å². The highest BCUT2D eigenvalue weighted by Crippen LogP contribution is 2.15. The molecular weight excluding hydrogens is 154 g/mol. The zero-order chi connectivity index (χ0) is 8.86. The van der Waals surface area contributed by atoms with Gasteiger partial charge in [0.25, 0.3) is 0 Å². The number of aliphatic hydroxyl groups is 1. The van der Waals surface area contributed by atoms with Crippen LogP contribution in [0.5, 0.6) is 0 Å². The normalized spacial score (nSPS) is 31.5. The molecule has 0 aromatic carbocycles. The minimum atomic E-state index is -0.161. The molecule has 0 aliphatic carbocycles. The summed E-state index contributed by atoms with van der Waals surface area (Å²) in [5.74, 6) is 0. The topological polar surface area (TPSA) is 41.5 Å². The first-order valence-electron chi connectivity index (χ1n) is 4.76. The molecule has 0 aromatic rings. The Bertz CT molecular complexity index is 120. The first kappa shape index (κ1) is 9.96. The van der Waals surface area contributed by atoms with Crippen LogP contribution in [0.1, 0.15) is 26.2 Å². The molecular formula is C9H19NO2. The number of aliphatic hydroxyl groups excluding tert-OH is 1. The standard InChI is InChI=1S/C9H19NO2/c1-2-4-9(7-11)8-12-6-3-5-10-9/h10-11H,2-8H2,1H3. The zero-order valence-corrected chi connectivity index (χ0v) is 7.81. The number of ether oxygens (including phenoxy) is 1. The summed E-state index contributed by atoms with van der Waals surface area (Å²) >= 11 is 0. The number of nitrogens with one attached hydrogen (secondary N) is 1. The third-order valence-corrected chi connectivity index (χ3v) is 2.38. The first-order valence-corrected chi connectivity index (χ1v) is 4.76. The highest BCUT2D eigenvalue weighted by molar-refractivity contribution is 4.88. The van der Waals surface area contributed by atoms with Gasteiger partial charge in [-0.1, -0.05) is 13.3 Å². The third kappa shape index (κ3) is 2.44. The molecule has 3 heteroatoms. The van der Waals surface area contributed by atoms with Crippen molar-refractivity contribution in [2.75, 3.05) is 26.4 Å². The van der Waals surface area contributed by atoms with Crippen LogP contribution in [0.3, 0.4) is 0 Å². The third-order valence-electron chi connectivity index (χ3n) is 2.38. The van der Waals surface area contributed by atoms with Crippen molar-refractivity contribution in [3.8, 4) is 0 Å². The van der Waals surface area contributed by atoms with Crippen LogP contribution in [0.25, 0.3) is 0 Å². The van der Waals surface area contributed by atoms with Gasteiger partial charge in [-0.25, -0.2) is 0 Å². The average molecular weight is 173 g/mol. The molecule has 0 radical (unpaired) electrons. The Morgan fingerprint density at radius 1 is 1.58 bits per heavy atom. The van der Waals surface area contributed by atoms with E-state index < -0.39 is 0 Å². The summed E-state index contributed by atoms with van der Waals surface area (Å²) in [5, 5.41) is 12.6. The Labute approximate surface area is 74.1 Å². The van der Waals surface area contributed by atoms with Crippen LogP contribution in [0.2, 0.25) is 0 Å².